The number of nitrogen functional groups attached to an aromatic ring is 1. The van der Waals surface area contributed by atoms with Crippen LogP contribution in [0.25, 0.3) is 0 Å². The molecule has 1 heterocycles. The molecule has 1 aromatic heterocycles. The predicted molar refractivity (Wildman–Crippen MR) is 106 cm³/mol. The summed E-state index contributed by atoms with van der Waals surface area (Å²) in [6, 6.07) is 6.99. The van der Waals surface area contributed by atoms with Crippen molar-refractivity contribution < 1.29 is 23.8 Å². The van der Waals surface area contributed by atoms with Crippen molar-refractivity contribution in [3.05, 3.63) is 35.4 Å². The Labute approximate surface area is 171 Å². The van der Waals surface area contributed by atoms with Crippen molar-refractivity contribution >= 4 is 29.3 Å². The highest BCUT2D eigenvalue weighted by atomic mass is 19.1. The van der Waals surface area contributed by atoms with E-state index in [-0.39, 0.29) is 42.7 Å². The third-order valence-electron chi connectivity index (χ3n) is 3.91. The van der Waals surface area contributed by atoms with Crippen LogP contribution >= 0.6 is 0 Å². The number of aromatic nitrogens is 2. The van der Waals surface area contributed by atoms with Gasteiger partial charge in [-0.25, -0.2) is 4.39 Å². The largest absolute Gasteiger partial charge is 0.481 e. The average molecular weight is 416 g/mol. The van der Waals surface area contributed by atoms with Gasteiger partial charge in [0.15, 0.2) is 11.4 Å². The highest BCUT2D eigenvalue weighted by Crippen LogP contribution is 2.25. The minimum absolute atomic E-state index is 0.0527. The van der Waals surface area contributed by atoms with Crippen LogP contribution in [-0.2, 0) is 16.3 Å². The zero-order valence-electron chi connectivity index (χ0n) is 16.2. The van der Waals surface area contributed by atoms with Gasteiger partial charge >= 0.3 is 5.97 Å². The number of anilines is 3. The monoisotopic (exact) mass is 416 g/mol. The van der Waals surface area contributed by atoms with E-state index in [1.165, 1.54) is 6.07 Å². The molecule has 0 spiro atoms. The molecule has 0 saturated carbocycles. The Morgan fingerprint density at radius 1 is 1.40 bits per heavy atom. The molecule has 0 saturated heterocycles. The van der Waals surface area contributed by atoms with Gasteiger partial charge in [0, 0.05) is 12.1 Å². The third-order valence-corrected chi connectivity index (χ3v) is 3.91. The van der Waals surface area contributed by atoms with Crippen molar-refractivity contribution in [3.63, 3.8) is 0 Å². The first-order valence-electron chi connectivity index (χ1n) is 9.02. The predicted octanol–water partition coefficient (Wildman–Crippen LogP) is 2.08. The molecule has 2 aromatic rings. The molecule has 0 radical (unpaired) electrons. The Balaban J connectivity index is 2.31. The van der Waals surface area contributed by atoms with Gasteiger partial charge in [-0.2, -0.15) is 15.2 Å². The lowest BCUT2D eigenvalue weighted by Crippen LogP contribution is -2.36. The summed E-state index contributed by atoms with van der Waals surface area (Å²) in [5.74, 6) is -1.99. The van der Waals surface area contributed by atoms with Crippen molar-refractivity contribution in [2.45, 2.75) is 32.5 Å². The molecule has 1 aromatic carbocycles. The molecule has 2 rings (SSSR count). The summed E-state index contributed by atoms with van der Waals surface area (Å²) in [7, 11) is 0. The molecule has 0 bridgehead atoms. The number of rotatable bonds is 10. The van der Waals surface area contributed by atoms with Gasteiger partial charge < -0.3 is 26.2 Å². The second-order valence-electron chi connectivity index (χ2n) is 6.11. The molecule has 0 fully saturated rings. The second-order valence-corrected chi connectivity index (χ2v) is 6.11. The van der Waals surface area contributed by atoms with Crippen LogP contribution in [0.4, 0.5) is 21.8 Å². The number of carbonyl (C=O) groups excluding carboxylic acids is 1. The molecule has 0 aliphatic heterocycles. The molecule has 0 aliphatic rings. The lowest BCUT2D eigenvalue weighted by atomic mass is 10.1. The molecule has 10 nitrogen and oxygen atoms in total. The minimum atomic E-state index is -1.10. The van der Waals surface area contributed by atoms with Gasteiger partial charge in [0.25, 0.3) is 0 Å². The van der Waals surface area contributed by atoms with Crippen LogP contribution < -0.4 is 21.1 Å². The first-order chi connectivity index (χ1) is 14.4. The number of ether oxygens (including phenoxy) is 1. The standard InChI is InChI=1S/C19H21FN6O4/c1-2-30-18-13(10-21)16(25-19(22)26-18)24-14(6-7-15(27)28)17(29)23-12-5-3-4-11(8-12)9-20/h3-5,8,14H,2,6-7,9H2,1H3,(H,23,29)(H,27,28)(H3,22,24,25,26)/t14-/m0/s1. The summed E-state index contributed by atoms with van der Waals surface area (Å²) in [6.45, 7) is 1.22. The molecule has 1 atom stereocenters. The summed E-state index contributed by atoms with van der Waals surface area (Å²) < 4.78 is 18.1. The quantitative estimate of drug-likeness (QED) is 0.454. The maximum atomic E-state index is 12.9. The Hall–Kier alpha value is -3.94. The van der Waals surface area contributed by atoms with Crippen molar-refractivity contribution in [1.29, 1.82) is 5.26 Å². The van der Waals surface area contributed by atoms with Crippen LogP contribution in [0.5, 0.6) is 5.88 Å². The fourth-order valence-electron chi connectivity index (χ4n) is 2.57. The minimum Gasteiger partial charge on any atom is -0.481 e. The van der Waals surface area contributed by atoms with Crippen LogP contribution in [0.2, 0.25) is 0 Å². The number of nitrogens with one attached hydrogen (secondary N) is 2. The SMILES string of the molecule is CCOc1nc(N)nc(N[C@@H](CCC(=O)O)C(=O)Nc2cccc(CF)c2)c1C#N. The van der Waals surface area contributed by atoms with Crippen molar-refractivity contribution in [3.8, 4) is 11.9 Å². The summed E-state index contributed by atoms with van der Waals surface area (Å²) in [5, 5.41) is 23.8. The van der Waals surface area contributed by atoms with Gasteiger partial charge in [0.05, 0.1) is 6.61 Å². The number of carboxylic acids is 1. The van der Waals surface area contributed by atoms with Gasteiger partial charge in [-0.05, 0) is 31.0 Å². The summed E-state index contributed by atoms with van der Waals surface area (Å²) in [5.41, 5.74) is 6.31. The van der Waals surface area contributed by atoms with Gasteiger partial charge in [0.2, 0.25) is 17.7 Å². The average Bonchev–Trinajstić information content (AvgIpc) is 2.71. The number of carbonyl (C=O) groups is 2. The van der Waals surface area contributed by atoms with Crippen molar-refractivity contribution in [2.24, 2.45) is 0 Å². The van der Waals surface area contributed by atoms with E-state index < -0.39 is 24.6 Å². The van der Waals surface area contributed by atoms with Gasteiger partial charge in [-0.1, -0.05) is 12.1 Å². The first-order valence-corrected chi connectivity index (χ1v) is 9.02. The molecule has 158 valence electrons. The van der Waals surface area contributed by atoms with E-state index in [0.717, 1.165) is 0 Å². The van der Waals surface area contributed by atoms with Crippen molar-refractivity contribution in [1.82, 2.24) is 9.97 Å². The van der Waals surface area contributed by atoms with E-state index in [1.54, 1.807) is 25.1 Å². The number of hydrogen-bond acceptors (Lipinski definition) is 8. The van der Waals surface area contributed by atoms with E-state index in [0.29, 0.717) is 11.3 Å². The number of alkyl halides is 1. The smallest absolute Gasteiger partial charge is 0.303 e. The van der Waals surface area contributed by atoms with Crippen LogP contribution in [0.1, 0.15) is 30.9 Å². The molecular weight excluding hydrogens is 395 g/mol. The summed E-state index contributed by atoms with van der Waals surface area (Å²) in [6.07, 6.45) is -0.431. The number of benzene rings is 1. The van der Waals surface area contributed by atoms with Crippen LogP contribution in [0.15, 0.2) is 24.3 Å². The fraction of sp³-hybridized carbons (Fsp3) is 0.316. The molecular formula is C19H21FN6O4. The number of nitrogens with two attached hydrogens (primary N) is 1. The number of nitriles is 1. The Bertz CT molecular complexity index is 963. The lowest BCUT2D eigenvalue weighted by molar-refractivity contribution is -0.137. The van der Waals surface area contributed by atoms with E-state index in [1.807, 2.05) is 6.07 Å². The fourth-order valence-corrected chi connectivity index (χ4v) is 2.57. The lowest BCUT2D eigenvalue weighted by Gasteiger charge is -2.20. The van der Waals surface area contributed by atoms with Gasteiger partial charge in [-0.15, -0.1) is 0 Å². The van der Waals surface area contributed by atoms with Crippen LogP contribution in [0.3, 0.4) is 0 Å². The highest BCUT2D eigenvalue weighted by molar-refractivity contribution is 5.97. The zero-order valence-corrected chi connectivity index (χ0v) is 16.2. The maximum Gasteiger partial charge on any atom is 0.303 e. The van der Waals surface area contributed by atoms with Crippen molar-refractivity contribution in [2.75, 3.05) is 23.0 Å². The number of amides is 1. The molecule has 30 heavy (non-hydrogen) atoms. The normalized spacial score (nSPS) is 11.2. The van der Waals surface area contributed by atoms with Gasteiger partial charge in [0.1, 0.15) is 18.8 Å². The maximum absolute atomic E-state index is 12.9. The van der Waals surface area contributed by atoms with Gasteiger partial charge in [-0.3, -0.25) is 9.59 Å². The Kier molecular flexibility index (Phi) is 7.87. The first kappa shape index (κ1) is 22.4. The Morgan fingerprint density at radius 2 is 2.17 bits per heavy atom. The van der Waals surface area contributed by atoms with E-state index in [4.69, 9.17) is 15.6 Å². The van der Waals surface area contributed by atoms with Crippen LogP contribution in [0, 0.1) is 11.3 Å². The number of hydrogen-bond donors (Lipinski definition) is 4. The number of aliphatic carboxylic acids is 1. The number of halogens is 1. The third kappa shape index (κ3) is 6.03. The molecule has 5 N–H and O–H groups in total. The number of carboxylic acid groups (broad SMARTS) is 1. The number of nitrogens with zero attached hydrogens (tertiary/aromatic N) is 3. The van der Waals surface area contributed by atoms with E-state index in [2.05, 4.69) is 20.6 Å². The highest BCUT2D eigenvalue weighted by Gasteiger charge is 2.24. The molecule has 0 aliphatic carbocycles. The summed E-state index contributed by atoms with van der Waals surface area (Å²) in [4.78, 5) is 31.6. The molecule has 0 unspecified atom stereocenters. The Morgan fingerprint density at radius 3 is 2.80 bits per heavy atom. The summed E-state index contributed by atoms with van der Waals surface area (Å²) >= 11 is 0. The zero-order chi connectivity index (χ0) is 22.1. The van der Waals surface area contributed by atoms with E-state index in [9.17, 15) is 19.2 Å². The topological polar surface area (TPSA) is 163 Å². The molecule has 11 heteroatoms. The molecule has 1 amide bonds. The van der Waals surface area contributed by atoms with Crippen LogP contribution in [-0.4, -0.2) is 39.6 Å². The van der Waals surface area contributed by atoms with E-state index >= 15 is 0 Å². The second kappa shape index (κ2) is 10.6.